The first-order valence-corrected chi connectivity index (χ1v) is 6.97. The molecule has 1 aromatic rings. The topological polar surface area (TPSA) is 127 Å². The fraction of sp³-hybridized carbons (Fsp3) is 0.400. The number of methoxy groups -OCH3 is 1. The van der Waals surface area contributed by atoms with E-state index in [1.807, 2.05) is 13.8 Å². The van der Waals surface area contributed by atoms with Gasteiger partial charge in [-0.1, -0.05) is 40.2 Å². The third kappa shape index (κ3) is 8.43. The Morgan fingerprint density at radius 1 is 1.41 bits per heavy atom. The number of anilines is 2. The van der Waals surface area contributed by atoms with Gasteiger partial charge in [0.1, 0.15) is 23.5 Å². The number of nitrogens with one attached hydrogen (secondary N) is 1. The molecule has 0 unspecified atom stereocenters. The molecule has 0 aliphatic carbocycles. The summed E-state index contributed by atoms with van der Waals surface area (Å²) >= 11 is 0. The van der Waals surface area contributed by atoms with Crippen LogP contribution in [0.25, 0.3) is 0 Å². The van der Waals surface area contributed by atoms with Gasteiger partial charge in [-0.3, -0.25) is 0 Å². The molecule has 22 heavy (non-hydrogen) atoms. The second-order valence-corrected chi connectivity index (χ2v) is 3.67. The summed E-state index contributed by atoms with van der Waals surface area (Å²) in [6.45, 7) is 8.25. The van der Waals surface area contributed by atoms with Crippen molar-refractivity contribution < 1.29 is 9.53 Å². The van der Waals surface area contributed by atoms with Gasteiger partial charge in [0, 0.05) is 0 Å². The van der Waals surface area contributed by atoms with Crippen molar-refractivity contribution in [2.45, 2.75) is 34.1 Å². The Hall–Kier alpha value is -2.75. The summed E-state index contributed by atoms with van der Waals surface area (Å²) in [5.41, 5.74) is 10.7. The number of nitrogens with two attached hydrogens (primary N) is 2. The van der Waals surface area contributed by atoms with E-state index in [1.54, 1.807) is 24.3 Å². The lowest BCUT2D eigenvalue weighted by Gasteiger charge is -2.07. The van der Waals surface area contributed by atoms with Crippen LogP contribution in [-0.2, 0) is 9.53 Å². The fourth-order valence-corrected chi connectivity index (χ4v) is 1.04. The molecule has 0 aromatic carbocycles. The number of hydrogen-bond donors (Lipinski definition) is 3. The maximum Gasteiger partial charge on any atom is 0.352 e. The Morgan fingerprint density at radius 2 is 1.95 bits per heavy atom. The molecular weight excluding hydrogens is 282 g/mol. The monoisotopic (exact) mass is 307 g/mol. The summed E-state index contributed by atoms with van der Waals surface area (Å²) in [4.78, 5) is 15.1. The number of carbonyl (C=O) groups is 1. The molecule has 1 rings (SSSR count). The number of aromatic nitrogens is 1. The van der Waals surface area contributed by atoms with Crippen LogP contribution in [0, 0.1) is 11.3 Å². The maximum absolute atomic E-state index is 11.2. The summed E-state index contributed by atoms with van der Waals surface area (Å²) < 4.78 is 4.40. The maximum atomic E-state index is 11.2. The van der Waals surface area contributed by atoms with Gasteiger partial charge in [-0.25, -0.2) is 9.78 Å². The first kappa shape index (κ1) is 21.5. The van der Waals surface area contributed by atoms with E-state index < -0.39 is 5.97 Å². The number of pyridine rings is 1. The summed E-state index contributed by atoms with van der Waals surface area (Å²) in [5, 5.41) is 11.3. The first-order valence-electron chi connectivity index (χ1n) is 6.97. The molecule has 1 aromatic heterocycles. The average Bonchev–Trinajstić information content (AvgIpc) is 2.50. The quantitative estimate of drug-likeness (QED) is 0.444. The lowest BCUT2D eigenvalue weighted by molar-refractivity contribution is -0.135. The molecule has 5 N–H and O–H groups in total. The molecule has 0 amide bonds. The van der Waals surface area contributed by atoms with Crippen LogP contribution in [-0.4, -0.2) is 18.1 Å². The Morgan fingerprint density at radius 3 is 2.36 bits per heavy atom. The predicted octanol–water partition coefficient (Wildman–Crippen LogP) is 2.39. The fourth-order valence-electron chi connectivity index (χ4n) is 1.04. The number of rotatable bonds is 3. The van der Waals surface area contributed by atoms with E-state index in [0.717, 1.165) is 7.11 Å². The largest absolute Gasteiger partial charge is 0.465 e. The molecule has 0 fully saturated rings. The molecule has 0 atom stereocenters. The van der Waals surface area contributed by atoms with Crippen LogP contribution >= 0.6 is 0 Å². The van der Waals surface area contributed by atoms with E-state index in [1.165, 1.54) is 6.42 Å². The lowest BCUT2D eigenvalue weighted by atomic mass is 10.3. The molecule has 0 aliphatic rings. The molecule has 7 heteroatoms. The molecule has 1 heterocycles. The van der Waals surface area contributed by atoms with Crippen molar-refractivity contribution in [1.82, 2.24) is 4.98 Å². The summed E-state index contributed by atoms with van der Waals surface area (Å²) in [7, 11) is 1.16. The third-order valence-corrected chi connectivity index (χ3v) is 1.80. The van der Waals surface area contributed by atoms with Crippen LogP contribution < -0.4 is 16.8 Å². The van der Waals surface area contributed by atoms with Crippen molar-refractivity contribution in [3.63, 3.8) is 0 Å². The van der Waals surface area contributed by atoms with Crippen molar-refractivity contribution in [2.75, 3.05) is 18.2 Å². The Balaban J connectivity index is 0. The minimum absolute atomic E-state index is 0.141. The number of carbonyl (C=O) groups excluding carboxylic acids is 1. The standard InChI is InChI=1S/C10H11N5O2.C3H8.C2H6/c1-17-10(16)6(5-11)9(13)15-8-4-2-3-7(12)14-8;1-3-2;1-2/h2-4H,13H2,1H3,(H3,12,14,15);3H2,1-2H3;1-2H3/b9-6-;;. The molecular formula is C15H25N5O2. The summed E-state index contributed by atoms with van der Waals surface area (Å²) in [6, 6.07) is 6.49. The van der Waals surface area contributed by atoms with Crippen LogP contribution in [0.5, 0.6) is 0 Å². The van der Waals surface area contributed by atoms with Crippen LogP contribution in [0.4, 0.5) is 11.6 Å². The van der Waals surface area contributed by atoms with Crippen LogP contribution in [0.2, 0.25) is 0 Å². The van der Waals surface area contributed by atoms with Gasteiger partial charge in [0.05, 0.1) is 7.11 Å². The van der Waals surface area contributed by atoms with Crippen molar-refractivity contribution in [3.05, 3.63) is 29.6 Å². The number of ether oxygens (including phenoxy) is 1. The predicted molar refractivity (Wildman–Crippen MR) is 88.4 cm³/mol. The van der Waals surface area contributed by atoms with E-state index >= 15 is 0 Å². The van der Waals surface area contributed by atoms with E-state index in [-0.39, 0.29) is 11.4 Å². The minimum atomic E-state index is -0.818. The van der Waals surface area contributed by atoms with Gasteiger partial charge in [0.2, 0.25) is 0 Å². The van der Waals surface area contributed by atoms with Crippen molar-refractivity contribution in [1.29, 1.82) is 5.26 Å². The highest BCUT2D eigenvalue weighted by molar-refractivity contribution is 5.93. The highest BCUT2D eigenvalue weighted by atomic mass is 16.5. The molecule has 7 nitrogen and oxygen atoms in total. The minimum Gasteiger partial charge on any atom is -0.465 e. The second-order valence-electron chi connectivity index (χ2n) is 3.67. The van der Waals surface area contributed by atoms with Gasteiger partial charge >= 0.3 is 5.97 Å². The summed E-state index contributed by atoms with van der Waals surface area (Å²) in [6.07, 6.45) is 1.25. The Bertz CT molecular complexity index is 521. The van der Waals surface area contributed by atoms with Crippen molar-refractivity contribution in [3.8, 4) is 6.07 Å². The molecule has 0 saturated heterocycles. The van der Waals surface area contributed by atoms with Crippen LogP contribution in [0.1, 0.15) is 34.1 Å². The van der Waals surface area contributed by atoms with Crippen LogP contribution in [0.15, 0.2) is 29.6 Å². The van der Waals surface area contributed by atoms with Gasteiger partial charge in [0.25, 0.3) is 0 Å². The molecule has 0 radical (unpaired) electrons. The Labute approximate surface area is 132 Å². The number of esters is 1. The number of nitrogens with zero attached hydrogens (tertiary/aromatic N) is 2. The van der Waals surface area contributed by atoms with Gasteiger partial charge in [0.15, 0.2) is 5.57 Å². The highest BCUT2D eigenvalue weighted by Crippen LogP contribution is 2.09. The van der Waals surface area contributed by atoms with E-state index in [9.17, 15) is 4.79 Å². The average molecular weight is 307 g/mol. The first-order chi connectivity index (χ1) is 10.5. The van der Waals surface area contributed by atoms with Crippen molar-refractivity contribution >= 4 is 17.6 Å². The van der Waals surface area contributed by atoms with E-state index in [4.69, 9.17) is 16.7 Å². The highest BCUT2D eigenvalue weighted by Gasteiger charge is 2.14. The molecule has 0 bridgehead atoms. The van der Waals surface area contributed by atoms with E-state index in [2.05, 4.69) is 28.9 Å². The van der Waals surface area contributed by atoms with Gasteiger partial charge in [-0.15, -0.1) is 0 Å². The second kappa shape index (κ2) is 13.2. The van der Waals surface area contributed by atoms with E-state index in [0.29, 0.717) is 11.6 Å². The number of nitriles is 1. The SMILES string of the molecule is CC.CCC.COC(=O)/C(C#N)=C(/N)Nc1cccc(N)n1. The Kier molecular flexibility index (Phi) is 13.0. The zero-order valence-electron chi connectivity index (χ0n) is 13.8. The normalized spacial score (nSPS) is 9.64. The van der Waals surface area contributed by atoms with Crippen molar-refractivity contribution in [2.24, 2.45) is 5.73 Å². The molecule has 0 spiro atoms. The van der Waals surface area contributed by atoms with Gasteiger partial charge in [-0.2, -0.15) is 5.26 Å². The number of nitrogen functional groups attached to an aromatic ring is 1. The van der Waals surface area contributed by atoms with Gasteiger partial charge in [-0.05, 0) is 12.1 Å². The zero-order chi connectivity index (χ0) is 17.5. The lowest BCUT2D eigenvalue weighted by Crippen LogP contribution is -2.18. The summed E-state index contributed by atoms with van der Waals surface area (Å²) in [5.74, 6) is -0.336. The molecule has 122 valence electrons. The van der Waals surface area contributed by atoms with Crippen LogP contribution in [0.3, 0.4) is 0 Å². The van der Waals surface area contributed by atoms with Gasteiger partial charge < -0.3 is 21.5 Å². The molecule has 0 aliphatic heterocycles. The smallest absolute Gasteiger partial charge is 0.352 e. The zero-order valence-corrected chi connectivity index (χ0v) is 13.8. The number of hydrogen-bond acceptors (Lipinski definition) is 7. The molecule has 0 saturated carbocycles. The third-order valence-electron chi connectivity index (χ3n) is 1.80.